The summed E-state index contributed by atoms with van der Waals surface area (Å²) >= 11 is 0. The molecule has 0 unspecified atom stereocenters. The topological polar surface area (TPSA) is 82.7 Å². The smallest absolute Gasteiger partial charge is 0.256 e. The van der Waals surface area contributed by atoms with Gasteiger partial charge in [0.1, 0.15) is 6.10 Å². The third kappa shape index (κ3) is 2.64. The Morgan fingerprint density at radius 2 is 2.00 bits per heavy atom. The number of pyridine rings is 1. The highest BCUT2D eigenvalue weighted by Gasteiger charge is 2.65. The summed E-state index contributed by atoms with van der Waals surface area (Å²) in [7, 11) is 0. The zero-order valence-electron chi connectivity index (χ0n) is 16.3. The molecule has 1 aromatic carbocycles. The molecule has 4 heterocycles. The molecule has 0 aliphatic carbocycles. The van der Waals surface area contributed by atoms with Gasteiger partial charge in [0, 0.05) is 24.7 Å². The standard InChI is InChI=1S/C22H23N3O4/c1-2-16-15(8-9-19(26)23-16)21(28)24-11-10-22-18(24)12-20(27)25(22)13-17(29-22)14-6-4-3-5-7-14/h3-9,17-18H,2,10-13H2,1H3,(H,23,26)/t17-,18+,22-/m0/s1. The van der Waals surface area contributed by atoms with Gasteiger partial charge in [0.2, 0.25) is 11.5 Å². The summed E-state index contributed by atoms with van der Waals surface area (Å²) < 4.78 is 6.50. The first kappa shape index (κ1) is 18.1. The highest BCUT2D eigenvalue weighted by molar-refractivity contribution is 5.96. The van der Waals surface area contributed by atoms with E-state index in [4.69, 9.17) is 4.74 Å². The molecule has 2 aromatic rings. The van der Waals surface area contributed by atoms with Crippen molar-refractivity contribution >= 4 is 11.8 Å². The van der Waals surface area contributed by atoms with Gasteiger partial charge in [-0.05, 0) is 18.1 Å². The second-order valence-electron chi connectivity index (χ2n) is 7.90. The lowest BCUT2D eigenvalue weighted by Crippen LogP contribution is -2.49. The average molecular weight is 393 g/mol. The second kappa shape index (κ2) is 6.56. The van der Waals surface area contributed by atoms with E-state index >= 15 is 0 Å². The van der Waals surface area contributed by atoms with Crippen LogP contribution in [0, 0.1) is 0 Å². The van der Waals surface area contributed by atoms with E-state index in [1.54, 1.807) is 11.0 Å². The van der Waals surface area contributed by atoms with Crippen LogP contribution in [-0.4, -0.2) is 51.5 Å². The van der Waals surface area contributed by atoms with Gasteiger partial charge in [-0.15, -0.1) is 0 Å². The number of ether oxygens (including phenoxy) is 1. The number of rotatable bonds is 3. The predicted molar refractivity (Wildman–Crippen MR) is 105 cm³/mol. The van der Waals surface area contributed by atoms with Crippen molar-refractivity contribution < 1.29 is 14.3 Å². The van der Waals surface area contributed by atoms with Crippen LogP contribution in [0.5, 0.6) is 0 Å². The van der Waals surface area contributed by atoms with Gasteiger partial charge in [-0.2, -0.15) is 0 Å². The molecule has 1 spiro atoms. The molecule has 3 saturated heterocycles. The zero-order chi connectivity index (χ0) is 20.2. The SMILES string of the molecule is CCc1[nH]c(=O)ccc1C(=O)N1CC[C@@]23O[C@H](c4ccccc4)CN2C(=O)C[C@@H]13. The molecule has 0 radical (unpaired) electrons. The quantitative estimate of drug-likeness (QED) is 0.863. The first-order valence-electron chi connectivity index (χ1n) is 10.1. The molecule has 0 saturated carbocycles. The summed E-state index contributed by atoms with van der Waals surface area (Å²) in [6, 6.07) is 12.6. The molecule has 3 aliphatic rings. The summed E-state index contributed by atoms with van der Waals surface area (Å²) in [4.78, 5) is 44.1. The molecule has 3 atom stereocenters. The monoisotopic (exact) mass is 393 g/mol. The lowest BCUT2D eigenvalue weighted by atomic mass is 10.0. The normalized spacial score (nSPS) is 28.0. The van der Waals surface area contributed by atoms with Crippen molar-refractivity contribution in [3.8, 4) is 0 Å². The molecule has 29 heavy (non-hydrogen) atoms. The number of carbonyl (C=O) groups is 2. The maximum absolute atomic E-state index is 13.3. The van der Waals surface area contributed by atoms with Gasteiger partial charge < -0.3 is 19.5 Å². The van der Waals surface area contributed by atoms with E-state index in [1.165, 1.54) is 6.07 Å². The van der Waals surface area contributed by atoms with Crippen molar-refractivity contribution in [1.82, 2.24) is 14.8 Å². The van der Waals surface area contributed by atoms with Gasteiger partial charge in [-0.1, -0.05) is 37.3 Å². The fourth-order valence-corrected chi connectivity index (χ4v) is 5.06. The Kier molecular flexibility index (Phi) is 4.10. The van der Waals surface area contributed by atoms with E-state index in [0.717, 1.165) is 5.56 Å². The van der Waals surface area contributed by atoms with Crippen molar-refractivity contribution in [2.75, 3.05) is 13.1 Å². The fourth-order valence-electron chi connectivity index (χ4n) is 5.06. The number of hydrogen-bond donors (Lipinski definition) is 1. The number of aryl methyl sites for hydroxylation is 1. The largest absolute Gasteiger partial charge is 0.343 e. The predicted octanol–water partition coefficient (Wildman–Crippen LogP) is 1.85. The van der Waals surface area contributed by atoms with Crippen LogP contribution < -0.4 is 5.56 Å². The number of amides is 2. The molecular formula is C22H23N3O4. The molecule has 3 fully saturated rings. The Morgan fingerprint density at radius 3 is 2.76 bits per heavy atom. The molecule has 1 N–H and O–H groups in total. The number of carbonyl (C=O) groups excluding carboxylic acids is 2. The fraction of sp³-hybridized carbons (Fsp3) is 0.409. The number of nitrogens with one attached hydrogen (secondary N) is 1. The van der Waals surface area contributed by atoms with Gasteiger partial charge in [0.05, 0.1) is 24.6 Å². The highest BCUT2D eigenvalue weighted by Crippen LogP contribution is 2.50. The summed E-state index contributed by atoms with van der Waals surface area (Å²) in [5.74, 6) is -0.121. The minimum Gasteiger partial charge on any atom is -0.343 e. The van der Waals surface area contributed by atoms with Crippen LogP contribution in [0.1, 0.15) is 47.5 Å². The number of aromatic nitrogens is 1. The van der Waals surface area contributed by atoms with E-state index < -0.39 is 5.72 Å². The minimum atomic E-state index is -0.748. The van der Waals surface area contributed by atoms with Gasteiger partial charge >= 0.3 is 0 Å². The molecule has 2 amide bonds. The Morgan fingerprint density at radius 1 is 1.21 bits per heavy atom. The molecule has 0 bridgehead atoms. The third-order valence-corrected chi connectivity index (χ3v) is 6.45. The molecule has 150 valence electrons. The number of benzene rings is 1. The maximum atomic E-state index is 13.3. The number of aromatic amines is 1. The maximum Gasteiger partial charge on any atom is 0.256 e. The van der Waals surface area contributed by atoms with Crippen LogP contribution in [0.25, 0.3) is 0 Å². The molecule has 1 aromatic heterocycles. The molecule has 5 rings (SSSR count). The average Bonchev–Trinajstić information content (AvgIpc) is 3.36. The zero-order valence-corrected chi connectivity index (χ0v) is 16.3. The Bertz CT molecular complexity index is 1030. The molecular weight excluding hydrogens is 370 g/mol. The Balaban J connectivity index is 1.46. The number of hydrogen-bond acceptors (Lipinski definition) is 4. The van der Waals surface area contributed by atoms with Crippen molar-refractivity contribution in [1.29, 1.82) is 0 Å². The van der Waals surface area contributed by atoms with E-state index in [0.29, 0.717) is 37.2 Å². The van der Waals surface area contributed by atoms with Crippen LogP contribution >= 0.6 is 0 Å². The summed E-state index contributed by atoms with van der Waals surface area (Å²) in [5.41, 5.74) is 1.19. The lowest BCUT2D eigenvalue weighted by molar-refractivity contribution is -0.138. The number of H-pyrrole nitrogens is 1. The lowest BCUT2D eigenvalue weighted by Gasteiger charge is -2.32. The van der Waals surface area contributed by atoms with Crippen molar-refractivity contribution in [3.05, 3.63) is 69.6 Å². The molecule has 7 heteroatoms. The summed E-state index contributed by atoms with van der Waals surface area (Å²) in [5, 5.41) is 0. The first-order chi connectivity index (χ1) is 14.0. The van der Waals surface area contributed by atoms with Crippen molar-refractivity contribution in [2.45, 2.75) is 44.1 Å². The van der Waals surface area contributed by atoms with E-state index in [2.05, 4.69) is 4.98 Å². The van der Waals surface area contributed by atoms with Crippen LogP contribution in [-0.2, 0) is 16.0 Å². The summed E-state index contributed by atoms with van der Waals surface area (Å²) in [6.07, 6.45) is 1.25. The van der Waals surface area contributed by atoms with E-state index in [-0.39, 0.29) is 35.9 Å². The summed E-state index contributed by atoms with van der Waals surface area (Å²) in [6.45, 7) is 2.94. The Hall–Kier alpha value is -2.93. The van der Waals surface area contributed by atoms with Crippen LogP contribution in [0.4, 0.5) is 0 Å². The third-order valence-electron chi connectivity index (χ3n) is 6.45. The first-order valence-corrected chi connectivity index (χ1v) is 10.1. The van der Waals surface area contributed by atoms with Gasteiger partial charge in [0.25, 0.3) is 5.91 Å². The van der Waals surface area contributed by atoms with E-state index in [9.17, 15) is 14.4 Å². The van der Waals surface area contributed by atoms with Gasteiger partial charge in [-0.25, -0.2) is 0 Å². The number of likely N-dealkylation sites (tertiary alicyclic amines) is 1. The Labute approximate surface area is 168 Å². The van der Waals surface area contributed by atoms with Crippen molar-refractivity contribution in [3.63, 3.8) is 0 Å². The van der Waals surface area contributed by atoms with Crippen LogP contribution in [0.2, 0.25) is 0 Å². The minimum absolute atomic E-state index is 0.0307. The highest BCUT2D eigenvalue weighted by atomic mass is 16.5. The van der Waals surface area contributed by atoms with Crippen LogP contribution in [0.3, 0.4) is 0 Å². The number of nitrogens with zero attached hydrogens (tertiary/aromatic N) is 2. The molecule has 3 aliphatic heterocycles. The van der Waals surface area contributed by atoms with Gasteiger partial charge in [0.15, 0.2) is 5.72 Å². The van der Waals surface area contributed by atoms with Crippen LogP contribution in [0.15, 0.2) is 47.3 Å². The van der Waals surface area contributed by atoms with Crippen molar-refractivity contribution in [2.24, 2.45) is 0 Å². The molecule has 7 nitrogen and oxygen atoms in total. The second-order valence-corrected chi connectivity index (χ2v) is 7.90. The van der Waals surface area contributed by atoms with Gasteiger partial charge in [-0.3, -0.25) is 14.4 Å². The van der Waals surface area contributed by atoms with E-state index in [1.807, 2.05) is 42.2 Å².